The predicted octanol–water partition coefficient (Wildman–Crippen LogP) is 2.60. The number of hydrogen-bond acceptors (Lipinski definition) is 2. The van der Waals surface area contributed by atoms with Gasteiger partial charge in [0.25, 0.3) is 0 Å². The highest BCUT2D eigenvalue weighted by Crippen LogP contribution is 2.09. The minimum Gasteiger partial charge on any atom is -0.545 e. The first-order valence-corrected chi connectivity index (χ1v) is 6.97. The standard InChI is InChI=1S/C10H16N.C7H5ClO2/c1-11(2,3)9-10-7-5-4-6-8-10;8-6-3-1-2-5(4-6)7(9)10/h4-8H,9H2,1-3H3;1-4H,(H,9,10)/q+1;/p-1. The molecule has 0 unspecified atom stereocenters. The molecule has 0 aliphatic rings. The number of carbonyl (C=O) groups excluding carboxylic acids is 1. The van der Waals surface area contributed by atoms with E-state index in [1.807, 2.05) is 0 Å². The van der Waals surface area contributed by atoms with Gasteiger partial charge in [0.15, 0.2) is 0 Å². The lowest BCUT2D eigenvalue weighted by atomic mass is 10.2. The normalized spacial score (nSPS) is 10.5. The van der Waals surface area contributed by atoms with Crippen molar-refractivity contribution in [1.82, 2.24) is 0 Å². The molecule has 112 valence electrons. The van der Waals surface area contributed by atoms with Crippen molar-refractivity contribution in [2.24, 2.45) is 0 Å². The largest absolute Gasteiger partial charge is 0.545 e. The smallest absolute Gasteiger partial charge is 0.104 e. The summed E-state index contributed by atoms with van der Waals surface area (Å²) in [5.74, 6) is -1.21. The molecule has 2 aromatic rings. The summed E-state index contributed by atoms with van der Waals surface area (Å²) in [7, 11) is 6.60. The van der Waals surface area contributed by atoms with E-state index in [1.165, 1.54) is 17.7 Å². The Morgan fingerprint density at radius 1 is 1.05 bits per heavy atom. The van der Waals surface area contributed by atoms with E-state index in [0.29, 0.717) is 5.02 Å². The SMILES string of the molecule is C[N+](C)(C)Cc1ccccc1.O=C([O-])c1cccc(Cl)c1. The highest BCUT2D eigenvalue weighted by molar-refractivity contribution is 6.30. The van der Waals surface area contributed by atoms with Crippen LogP contribution in [0.4, 0.5) is 0 Å². The van der Waals surface area contributed by atoms with Gasteiger partial charge in [0.1, 0.15) is 6.54 Å². The van der Waals surface area contributed by atoms with Crippen LogP contribution in [0.15, 0.2) is 54.6 Å². The fourth-order valence-electron chi connectivity index (χ4n) is 1.75. The van der Waals surface area contributed by atoms with E-state index < -0.39 is 5.97 Å². The lowest BCUT2D eigenvalue weighted by molar-refractivity contribution is -0.884. The van der Waals surface area contributed by atoms with E-state index in [9.17, 15) is 9.90 Å². The van der Waals surface area contributed by atoms with Gasteiger partial charge in [-0.05, 0) is 17.7 Å². The zero-order chi connectivity index (χ0) is 15.9. The van der Waals surface area contributed by atoms with Crippen LogP contribution in [-0.4, -0.2) is 31.6 Å². The van der Waals surface area contributed by atoms with Gasteiger partial charge in [-0.25, -0.2) is 0 Å². The fraction of sp³-hybridized carbons (Fsp3) is 0.235. The summed E-state index contributed by atoms with van der Waals surface area (Å²) in [4.78, 5) is 10.2. The van der Waals surface area contributed by atoms with Crippen LogP contribution in [0.3, 0.4) is 0 Å². The molecule has 0 amide bonds. The van der Waals surface area contributed by atoms with E-state index in [-0.39, 0.29) is 5.56 Å². The first-order chi connectivity index (χ1) is 9.78. The number of carboxylic acid groups (broad SMARTS) is 1. The monoisotopic (exact) mass is 305 g/mol. The van der Waals surface area contributed by atoms with E-state index in [4.69, 9.17) is 11.6 Å². The summed E-state index contributed by atoms with van der Waals surface area (Å²) in [5.41, 5.74) is 1.51. The van der Waals surface area contributed by atoms with Crippen molar-refractivity contribution in [2.45, 2.75) is 6.54 Å². The molecular formula is C17H20ClNO2. The number of halogens is 1. The zero-order valence-electron chi connectivity index (χ0n) is 12.5. The molecule has 0 saturated carbocycles. The molecule has 2 aromatic carbocycles. The van der Waals surface area contributed by atoms with E-state index in [2.05, 4.69) is 51.5 Å². The second-order valence-electron chi connectivity index (χ2n) is 5.73. The first kappa shape index (κ1) is 17.2. The number of rotatable bonds is 3. The molecule has 21 heavy (non-hydrogen) atoms. The average molecular weight is 306 g/mol. The lowest BCUT2D eigenvalue weighted by Gasteiger charge is -2.23. The van der Waals surface area contributed by atoms with Gasteiger partial charge in [-0.2, -0.15) is 0 Å². The van der Waals surface area contributed by atoms with E-state index in [0.717, 1.165) is 11.0 Å². The number of carboxylic acids is 1. The first-order valence-electron chi connectivity index (χ1n) is 6.59. The summed E-state index contributed by atoms with van der Waals surface area (Å²) < 4.78 is 0.990. The Kier molecular flexibility index (Phi) is 6.40. The van der Waals surface area contributed by atoms with Crippen molar-refractivity contribution in [3.63, 3.8) is 0 Å². The van der Waals surface area contributed by atoms with Crippen molar-refractivity contribution >= 4 is 17.6 Å². The molecule has 2 rings (SSSR count). The summed E-state index contributed by atoms with van der Waals surface area (Å²) >= 11 is 5.50. The fourth-order valence-corrected chi connectivity index (χ4v) is 1.94. The van der Waals surface area contributed by atoms with Crippen molar-refractivity contribution in [3.8, 4) is 0 Å². The summed E-state index contributed by atoms with van der Waals surface area (Å²) in [6, 6.07) is 16.5. The number of quaternary nitrogens is 1. The van der Waals surface area contributed by atoms with Crippen molar-refractivity contribution in [2.75, 3.05) is 21.1 Å². The van der Waals surface area contributed by atoms with Crippen LogP contribution in [0.1, 0.15) is 15.9 Å². The molecule has 0 saturated heterocycles. The molecule has 0 bridgehead atoms. The maximum absolute atomic E-state index is 10.2. The minimum atomic E-state index is -1.21. The quantitative estimate of drug-likeness (QED) is 0.818. The highest BCUT2D eigenvalue weighted by Gasteiger charge is 2.06. The molecule has 0 fully saturated rings. The molecule has 0 N–H and O–H groups in total. The summed E-state index contributed by atoms with van der Waals surface area (Å²) in [6.07, 6.45) is 0. The zero-order valence-corrected chi connectivity index (χ0v) is 13.3. The maximum atomic E-state index is 10.2. The Morgan fingerprint density at radius 2 is 1.67 bits per heavy atom. The van der Waals surface area contributed by atoms with Crippen molar-refractivity contribution < 1.29 is 14.4 Å². The maximum Gasteiger partial charge on any atom is 0.104 e. The van der Waals surface area contributed by atoms with Crippen LogP contribution in [-0.2, 0) is 6.54 Å². The van der Waals surface area contributed by atoms with E-state index >= 15 is 0 Å². The molecule has 4 heteroatoms. The van der Waals surface area contributed by atoms with Gasteiger partial charge >= 0.3 is 0 Å². The third-order valence-electron chi connectivity index (χ3n) is 2.56. The van der Waals surface area contributed by atoms with Crippen molar-refractivity contribution in [1.29, 1.82) is 0 Å². The predicted molar refractivity (Wildman–Crippen MR) is 84.0 cm³/mol. The Hall–Kier alpha value is -1.84. The number of nitrogens with zero attached hydrogens (tertiary/aromatic N) is 1. The second-order valence-corrected chi connectivity index (χ2v) is 6.17. The topological polar surface area (TPSA) is 40.1 Å². The summed E-state index contributed by atoms with van der Waals surface area (Å²) in [6.45, 7) is 1.10. The molecule has 0 aromatic heterocycles. The third kappa shape index (κ3) is 7.49. The number of benzene rings is 2. The molecule has 0 spiro atoms. The molecular weight excluding hydrogens is 286 g/mol. The summed E-state index contributed by atoms with van der Waals surface area (Å²) in [5, 5.41) is 10.6. The molecule has 0 radical (unpaired) electrons. The van der Waals surface area contributed by atoms with Crippen molar-refractivity contribution in [3.05, 3.63) is 70.7 Å². The Balaban J connectivity index is 0.000000211. The Morgan fingerprint density at radius 3 is 2.10 bits per heavy atom. The average Bonchev–Trinajstić information content (AvgIpc) is 2.38. The van der Waals surface area contributed by atoms with Crippen LogP contribution >= 0.6 is 11.6 Å². The van der Waals surface area contributed by atoms with Gasteiger partial charge in [0.2, 0.25) is 0 Å². The molecule has 0 atom stereocenters. The Bertz CT molecular complexity index is 577. The van der Waals surface area contributed by atoms with Gasteiger partial charge in [-0.1, -0.05) is 54.1 Å². The van der Waals surface area contributed by atoms with Gasteiger partial charge < -0.3 is 14.4 Å². The van der Waals surface area contributed by atoms with Crippen LogP contribution in [0, 0.1) is 0 Å². The molecule has 3 nitrogen and oxygen atoms in total. The highest BCUT2D eigenvalue weighted by atomic mass is 35.5. The van der Waals surface area contributed by atoms with Gasteiger partial charge in [-0.15, -0.1) is 0 Å². The van der Waals surface area contributed by atoms with Gasteiger partial charge in [-0.3, -0.25) is 0 Å². The number of aromatic carboxylic acids is 1. The van der Waals surface area contributed by atoms with Gasteiger partial charge in [0, 0.05) is 10.6 Å². The van der Waals surface area contributed by atoms with Crippen LogP contribution in [0.2, 0.25) is 5.02 Å². The molecule has 0 heterocycles. The number of hydrogen-bond donors (Lipinski definition) is 0. The van der Waals surface area contributed by atoms with E-state index in [1.54, 1.807) is 12.1 Å². The Labute approximate surface area is 131 Å². The van der Waals surface area contributed by atoms with Gasteiger partial charge in [0.05, 0.1) is 27.1 Å². The molecule has 0 aliphatic carbocycles. The minimum absolute atomic E-state index is 0.104. The second kappa shape index (κ2) is 7.81. The lowest BCUT2D eigenvalue weighted by Crippen LogP contribution is -2.33. The third-order valence-corrected chi connectivity index (χ3v) is 2.80. The van der Waals surface area contributed by atoms with Crippen LogP contribution < -0.4 is 5.11 Å². The van der Waals surface area contributed by atoms with Crippen LogP contribution in [0.25, 0.3) is 0 Å². The van der Waals surface area contributed by atoms with Crippen LogP contribution in [0.5, 0.6) is 0 Å². The molecule has 0 aliphatic heterocycles. The number of carbonyl (C=O) groups is 1.